The molecule has 5 heteroatoms. The molecule has 0 aromatic rings. The molecule has 1 aliphatic rings. The molecule has 0 saturated carbocycles. The Kier molecular flexibility index (Phi) is 4.50. The Balaban J connectivity index is 2.28. The van der Waals surface area contributed by atoms with Crippen LogP contribution in [-0.2, 0) is 14.3 Å². The molecule has 0 aliphatic carbocycles. The summed E-state index contributed by atoms with van der Waals surface area (Å²) in [7, 11) is 1.63. The summed E-state index contributed by atoms with van der Waals surface area (Å²) in [6.07, 6.45) is -0.369. The quantitative estimate of drug-likeness (QED) is 0.666. The number of amides is 1. The fraction of sp³-hybridized carbons (Fsp3) is 0.900. The van der Waals surface area contributed by atoms with Crippen molar-refractivity contribution in [2.24, 2.45) is 0 Å². The first-order valence-electron chi connectivity index (χ1n) is 5.20. The lowest BCUT2D eigenvalue weighted by Gasteiger charge is -2.26. The van der Waals surface area contributed by atoms with Crippen LogP contribution in [0, 0.1) is 0 Å². The van der Waals surface area contributed by atoms with Gasteiger partial charge in [0.1, 0.15) is 6.10 Å². The fourth-order valence-electron chi connectivity index (χ4n) is 1.22. The fourth-order valence-corrected chi connectivity index (χ4v) is 1.22. The molecule has 1 amide bonds. The van der Waals surface area contributed by atoms with Gasteiger partial charge in [0.2, 0.25) is 0 Å². The molecule has 5 nitrogen and oxygen atoms in total. The van der Waals surface area contributed by atoms with E-state index in [0.717, 1.165) is 6.54 Å². The Hall–Kier alpha value is -0.650. The van der Waals surface area contributed by atoms with E-state index in [-0.39, 0.29) is 17.6 Å². The number of ether oxygens (including phenoxy) is 2. The van der Waals surface area contributed by atoms with Crippen LogP contribution < -0.4 is 10.6 Å². The van der Waals surface area contributed by atoms with Crippen molar-refractivity contribution in [2.45, 2.75) is 25.6 Å². The summed E-state index contributed by atoms with van der Waals surface area (Å²) < 4.78 is 10.5. The van der Waals surface area contributed by atoms with Gasteiger partial charge in [-0.2, -0.15) is 0 Å². The van der Waals surface area contributed by atoms with Gasteiger partial charge in [-0.3, -0.25) is 4.79 Å². The summed E-state index contributed by atoms with van der Waals surface area (Å²) >= 11 is 0. The van der Waals surface area contributed by atoms with Crippen molar-refractivity contribution >= 4 is 5.91 Å². The number of hydrogen-bond donors (Lipinski definition) is 2. The minimum Gasteiger partial charge on any atom is -0.377 e. The number of hydrogen-bond acceptors (Lipinski definition) is 4. The van der Waals surface area contributed by atoms with Gasteiger partial charge in [0, 0.05) is 26.7 Å². The maximum absolute atomic E-state index is 11.6. The van der Waals surface area contributed by atoms with E-state index in [1.807, 2.05) is 13.8 Å². The van der Waals surface area contributed by atoms with Crippen LogP contribution in [-0.4, -0.2) is 51.0 Å². The van der Waals surface area contributed by atoms with Crippen LogP contribution in [0.5, 0.6) is 0 Å². The van der Waals surface area contributed by atoms with Gasteiger partial charge in [0.25, 0.3) is 5.91 Å². The predicted octanol–water partition coefficient (Wildman–Crippen LogP) is -0.484. The highest BCUT2D eigenvalue weighted by Gasteiger charge is 2.24. The van der Waals surface area contributed by atoms with Crippen molar-refractivity contribution < 1.29 is 14.3 Å². The highest BCUT2D eigenvalue weighted by atomic mass is 16.5. The molecule has 1 aliphatic heterocycles. The van der Waals surface area contributed by atoms with Gasteiger partial charge in [0.15, 0.2) is 0 Å². The number of methoxy groups -OCH3 is 1. The molecule has 15 heavy (non-hydrogen) atoms. The lowest BCUT2D eigenvalue weighted by molar-refractivity contribution is -0.135. The first kappa shape index (κ1) is 12.4. The summed E-state index contributed by atoms with van der Waals surface area (Å²) in [5.41, 5.74) is -0.336. The van der Waals surface area contributed by atoms with E-state index in [9.17, 15) is 4.79 Å². The zero-order chi connectivity index (χ0) is 11.3. The summed E-state index contributed by atoms with van der Waals surface area (Å²) in [6.45, 7) is 6.32. The normalized spacial score (nSPS) is 22.5. The second-order valence-electron chi connectivity index (χ2n) is 4.25. The third-order valence-electron chi connectivity index (χ3n) is 2.46. The van der Waals surface area contributed by atoms with Gasteiger partial charge < -0.3 is 20.1 Å². The summed E-state index contributed by atoms with van der Waals surface area (Å²) in [4.78, 5) is 11.6. The molecule has 1 saturated heterocycles. The molecular formula is C10H20N2O3. The van der Waals surface area contributed by atoms with E-state index in [1.54, 1.807) is 7.11 Å². The Labute approximate surface area is 90.5 Å². The van der Waals surface area contributed by atoms with E-state index in [1.165, 1.54) is 0 Å². The van der Waals surface area contributed by atoms with Gasteiger partial charge >= 0.3 is 0 Å². The van der Waals surface area contributed by atoms with Crippen LogP contribution in [0.2, 0.25) is 0 Å². The molecule has 1 rings (SSSR count). The lowest BCUT2D eigenvalue weighted by atomic mass is 10.1. The Morgan fingerprint density at radius 3 is 2.93 bits per heavy atom. The Morgan fingerprint density at radius 1 is 1.67 bits per heavy atom. The molecular weight excluding hydrogens is 196 g/mol. The minimum absolute atomic E-state index is 0.0766. The van der Waals surface area contributed by atoms with Gasteiger partial charge in [-0.1, -0.05) is 0 Å². The highest BCUT2D eigenvalue weighted by Crippen LogP contribution is 2.05. The maximum atomic E-state index is 11.6. The van der Waals surface area contributed by atoms with Gasteiger partial charge in [0.05, 0.1) is 12.2 Å². The number of morpholine rings is 1. The van der Waals surface area contributed by atoms with Crippen LogP contribution in [0.25, 0.3) is 0 Å². The molecule has 0 spiro atoms. The van der Waals surface area contributed by atoms with Crippen molar-refractivity contribution in [1.29, 1.82) is 0 Å². The van der Waals surface area contributed by atoms with Gasteiger partial charge in [-0.25, -0.2) is 0 Å². The van der Waals surface area contributed by atoms with E-state index in [0.29, 0.717) is 19.7 Å². The molecule has 1 heterocycles. The van der Waals surface area contributed by atoms with Crippen molar-refractivity contribution in [1.82, 2.24) is 10.6 Å². The van der Waals surface area contributed by atoms with E-state index in [2.05, 4.69) is 10.6 Å². The molecule has 0 aromatic carbocycles. The highest BCUT2D eigenvalue weighted by molar-refractivity contribution is 5.81. The second-order valence-corrected chi connectivity index (χ2v) is 4.25. The first-order chi connectivity index (χ1) is 7.05. The maximum Gasteiger partial charge on any atom is 0.250 e. The second kappa shape index (κ2) is 5.44. The van der Waals surface area contributed by atoms with E-state index >= 15 is 0 Å². The molecule has 2 N–H and O–H groups in total. The molecule has 0 bridgehead atoms. The third kappa shape index (κ3) is 4.15. The average Bonchev–Trinajstić information content (AvgIpc) is 2.27. The molecule has 1 fully saturated rings. The molecule has 88 valence electrons. The summed E-state index contributed by atoms with van der Waals surface area (Å²) in [5.74, 6) is -0.0766. The molecule has 0 aromatic heterocycles. The Bertz CT molecular complexity index is 213. The van der Waals surface area contributed by atoms with Crippen LogP contribution in [0.3, 0.4) is 0 Å². The van der Waals surface area contributed by atoms with Gasteiger partial charge in [-0.05, 0) is 13.8 Å². The average molecular weight is 216 g/mol. The monoisotopic (exact) mass is 216 g/mol. The third-order valence-corrected chi connectivity index (χ3v) is 2.46. The van der Waals surface area contributed by atoms with Crippen molar-refractivity contribution in [3.63, 3.8) is 0 Å². The predicted molar refractivity (Wildman–Crippen MR) is 56.7 cm³/mol. The lowest BCUT2D eigenvalue weighted by Crippen LogP contribution is -2.50. The van der Waals surface area contributed by atoms with Crippen molar-refractivity contribution in [3.8, 4) is 0 Å². The molecule has 1 atom stereocenters. The van der Waals surface area contributed by atoms with E-state index < -0.39 is 0 Å². The standard InChI is InChI=1S/C10H20N2O3/c1-10(2,14-3)7-12-9(13)8-6-11-4-5-15-8/h8,11H,4-7H2,1-3H3,(H,12,13). The topological polar surface area (TPSA) is 59.6 Å². The first-order valence-corrected chi connectivity index (χ1v) is 5.20. The zero-order valence-electron chi connectivity index (χ0n) is 9.63. The largest absolute Gasteiger partial charge is 0.377 e. The smallest absolute Gasteiger partial charge is 0.250 e. The minimum atomic E-state index is -0.369. The SMILES string of the molecule is COC(C)(C)CNC(=O)C1CNCCO1. The van der Waals surface area contributed by atoms with Crippen LogP contribution in [0.4, 0.5) is 0 Å². The van der Waals surface area contributed by atoms with Gasteiger partial charge in [-0.15, -0.1) is 0 Å². The van der Waals surface area contributed by atoms with E-state index in [4.69, 9.17) is 9.47 Å². The number of nitrogens with one attached hydrogen (secondary N) is 2. The van der Waals surface area contributed by atoms with Crippen molar-refractivity contribution in [2.75, 3.05) is 33.4 Å². The van der Waals surface area contributed by atoms with Crippen LogP contribution >= 0.6 is 0 Å². The summed E-state index contributed by atoms with van der Waals surface area (Å²) in [5, 5.41) is 5.92. The summed E-state index contributed by atoms with van der Waals surface area (Å²) in [6, 6.07) is 0. The Morgan fingerprint density at radius 2 is 2.40 bits per heavy atom. The number of rotatable bonds is 4. The molecule has 1 unspecified atom stereocenters. The van der Waals surface area contributed by atoms with Crippen LogP contribution in [0.1, 0.15) is 13.8 Å². The number of carbonyl (C=O) groups excluding carboxylic acids is 1. The van der Waals surface area contributed by atoms with Crippen molar-refractivity contribution in [3.05, 3.63) is 0 Å². The zero-order valence-corrected chi connectivity index (χ0v) is 9.63. The number of carbonyl (C=O) groups is 1. The van der Waals surface area contributed by atoms with Crippen LogP contribution in [0.15, 0.2) is 0 Å². The molecule has 0 radical (unpaired) electrons.